The molecule has 0 saturated carbocycles. The van der Waals surface area contributed by atoms with Crippen molar-refractivity contribution in [2.24, 2.45) is 0 Å². The second kappa shape index (κ2) is 7.51. The van der Waals surface area contributed by atoms with Crippen molar-refractivity contribution in [3.05, 3.63) is 59.9 Å². The lowest BCUT2D eigenvalue weighted by Gasteiger charge is -2.22. The van der Waals surface area contributed by atoms with Gasteiger partial charge in [0.15, 0.2) is 5.13 Å². The summed E-state index contributed by atoms with van der Waals surface area (Å²) < 4.78 is 14.3. The lowest BCUT2D eigenvalue weighted by atomic mass is 10.2. The first-order valence-corrected chi connectivity index (χ1v) is 9.79. The lowest BCUT2D eigenvalue weighted by Crippen LogP contribution is -3.10. The molecule has 2 aromatic carbocycles. The Morgan fingerprint density at radius 1 is 1.12 bits per heavy atom. The number of para-hydroxylation sites is 1. The Morgan fingerprint density at radius 2 is 1.85 bits per heavy atom. The quantitative estimate of drug-likeness (QED) is 0.750. The fourth-order valence-electron chi connectivity index (χ4n) is 3.40. The van der Waals surface area contributed by atoms with Gasteiger partial charge in [-0.1, -0.05) is 23.5 Å². The molecular formula is C20H21FN3OS+. The van der Waals surface area contributed by atoms with E-state index in [4.69, 9.17) is 0 Å². The minimum Gasteiger partial charge on any atom is -0.333 e. The maximum atomic E-state index is 13.2. The van der Waals surface area contributed by atoms with E-state index in [1.807, 2.05) is 24.3 Å². The number of carbonyl (C=O) groups is 1. The van der Waals surface area contributed by atoms with Crippen molar-refractivity contribution in [1.82, 2.24) is 4.98 Å². The van der Waals surface area contributed by atoms with Gasteiger partial charge in [-0.15, -0.1) is 0 Å². The van der Waals surface area contributed by atoms with E-state index in [-0.39, 0.29) is 11.7 Å². The van der Waals surface area contributed by atoms with Gasteiger partial charge in [0.1, 0.15) is 5.82 Å². The van der Waals surface area contributed by atoms with Gasteiger partial charge in [-0.05, 0) is 36.4 Å². The number of carbonyl (C=O) groups excluding carboxylic acids is 1. The van der Waals surface area contributed by atoms with Crippen molar-refractivity contribution in [3.63, 3.8) is 0 Å². The van der Waals surface area contributed by atoms with Gasteiger partial charge < -0.3 is 4.90 Å². The van der Waals surface area contributed by atoms with E-state index in [0.717, 1.165) is 16.8 Å². The van der Waals surface area contributed by atoms with Gasteiger partial charge in [0, 0.05) is 18.4 Å². The molecule has 2 heterocycles. The fourth-order valence-corrected chi connectivity index (χ4v) is 4.39. The smallest absolute Gasteiger partial charge is 0.260 e. The summed E-state index contributed by atoms with van der Waals surface area (Å²) in [5.74, 6) is -0.461. The topological polar surface area (TPSA) is 37.6 Å². The van der Waals surface area contributed by atoms with Crippen molar-refractivity contribution in [3.8, 4) is 0 Å². The van der Waals surface area contributed by atoms with Gasteiger partial charge in [0.25, 0.3) is 5.91 Å². The average Bonchev–Trinajstić information content (AvgIpc) is 3.31. The number of amides is 1. The number of likely N-dealkylation sites (tertiary alicyclic amines) is 1. The Bertz CT molecular complexity index is 870. The molecule has 1 aliphatic rings. The SMILES string of the molecule is O=C(c1ccc(F)cc1)N(CC[NH+]1CCCC1)c1nc2ccccc2s1. The maximum Gasteiger partial charge on any atom is 0.260 e. The number of aromatic nitrogens is 1. The van der Waals surface area contributed by atoms with E-state index < -0.39 is 0 Å². The molecule has 134 valence electrons. The molecule has 6 heteroatoms. The Balaban J connectivity index is 1.63. The summed E-state index contributed by atoms with van der Waals surface area (Å²) in [6.07, 6.45) is 2.50. The zero-order chi connectivity index (χ0) is 17.9. The first-order chi connectivity index (χ1) is 12.7. The minimum absolute atomic E-state index is 0.123. The average molecular weight is 370 g/mol. The molecular weight excluding hydrogens is 349 g/mol. The predicted octanol–water partition coefficient (Wildman–Crippen LogP) is 2.76. The van der Waals surface area contributed by atoms with E-state index in [1.54, 1.807) is 17.0 Å². The molecule has 1 fully saturated rings. The predicted molar refractivity (Wildman–Crippen MR) is 102 cm³/mol. The molecule has 0 radical (unpaired) electrons. The van der Waals surface area contributed by atoms with Gasteiger partial charge in [0.2, 0.25) is 0 Å². The second-order valence-electron chi connectivity index (χ2n) is 6.63. The molecule has 26 heavy (non-hydrogen) atoms. The van der Waals surface area contributed by atoms with E-state index in [1.165, 1.54) is 54.3 Å². The highest BCUT2D eigenvalue weighted by Gasteiger charge is 2.24. The lowest BCUT2D eigenvalue weighted by molar-refractivity contribution is -0.885. The molecule has 1 saturated heterocycles. The summed E-state index contributed by atoms with van der Waals surface area (Å²) in [7, 11) is 0. The number of rotatable bonds is 5. The number of anilines is 1. The van der Waals surface area contributed by atoms with Crippen molar-refractivity contribution in [2.45, 2.75) is 12.8 Å². The first kappa shape index (κ1) is 17.1. The van der Waals surface area contributed by atoms with Crippen LogP contribution in [0.25, 0.3) is 10.2 Å². The summed E-state index contributed by atoms with van der Waals surface area (Å²) in [6.45, 7) is 3.85. The zero-order valence-corrected chi connectivity index (χ0v) is 15.3. The van der Waals surface area contributed by atoms with Gasteiger partial charge in [-0.3, -0.25) is 9.69 Å². The number of hydrogen-bond acceptors (Lipinski definition) is 3. The van der Waals surface area contributed by atoms with E-state index in [9.17, 15) is 9.18 Å². The number of thiazole rings is 1. The standard InChI is InChI=1S/C20H20FN3OS/c21-16-9-7-15(8-10-16)19(25)24(14-13-23-11-3-4-12-23)20-22-17-5-1-2-6-18(17)26-20/h1-2,5-10H,3-4,11-14H2/p+1. The number of benzene rings is 2. The summed E-state index contributed by atoms with van der Waals surface area (Å²) in [5, 5.41) is 0.708. The highest BCUT2D eigenvalue weighted by atomic mass is 32.1. The molecule has 0 atom stereocenters. The Kier molecular flexibility index (Phi) is 4.95. The van der Waals surface area contributed by atoms with Crippen molar-refractivity contribution >= 4 is 32.6 Å². The molecule has 0 bridgehead atoms. The fraction of sp³-hybridized carbons (Fsp3) is 0.300. The number of fused-ring (bicyclic) bond motifs is 1. The van der Waals surface area contributed by atoms with Crippen LogP contribution in [0.5, 0.6) is 0 Å². The maximum absolute atomic E-state index is 13.2. The molecule has 1 aromatic heterocycles. The highest BCUT2D eigenvalue weighted by molar-refractivity contribution is 7.22. The molecule has 3 aromatic rings. The van der Waals surface area contributed by atoms with Crippen LogP contribution in [0.4, 0.5) is 9.52 Å². The number of halogens is 1. The third-order valence-corrected chi connectivity index (χ3v) is 5.91. The number of hydrogen-bond donors (Lipinski definition) is 1. The highest BCUT2D eigenvalue weighted by Crippen LogP contribution is 2.29. The molecule has 1 aliphatic heterocycles. The van der Waals surface area contributed by atoms with Crippen LogP contribution in [0.3, 0.4) is 0 Å². The van der Waals surface area contributed by atoms with E-state index in [0.29, 0.717) is 17.2 Å². The van der Waals surface area contributed by atoms with Crippen LogP contribution in [-0.4, -0.2) is 37.1 Å². The van der Waals surface area contributed by atoms with Crippen LogP contribution < -0.4 is 9.80 Å². The molecule has 4 nitrogen and oxygen atoms in total. The van der Waals surface area contributed by atoms with Crippen molar-refractivity contribution < 1.29 is 14.1 Å². The van der Waals surface area contributed by atoms with Gasteiger partial charge in [-0.2, -0.15) is 0 Å². The van der Waals surface area contributed by atoms with Crippen LogP contribution >= 0.6 is 11.3 Å². The van der Waals surface area contributed by atoms with E-state index in [2.05, 4.69) is 4.98 Å². The number of quaternary nitrogens is 1. The molecule has 1 amide bonds. The van der Waals surface area contributed by atoms with Crippen LogP contribution in [0.15, 0.2) is 48.5 Å². The molecule has 1 N–H and O–H groups in total. The normalized spacial score (nSPS) is 14.8. The van der Waals surface area contributed by atoms with E-state index >= 15 is 0 Å². The summed E-state index contributed by atoms with van der Waals surface area (Å²) in [6, 6.07) is 13.6. The Labute approximate surface area is 155 Å². The van der Waals surface area contributed by atoms with Crippen LogP contribution in [0.2, 0.25) is 0 Å². The Hall–Kier alpha value is -2.31. The largest absolute Gasteiger partial charge is 0.333 e. The van der Waals surface area contributed by atoms with Crippen molar-refractivity contribution in [1.29, 1.82) is 0 Å². The van der Waals surface area contributed by atoms with Crippen LogP contribution in [-0.2, 0) is 0 Å². The van der Waals surface area contributed by atoms with Gasteiger partial charge in [-0.25, -0.2) is 9.37 Å². The summed E-state index contributed by atoms with van der Waals surface area (Å²) >= 11 is 1.52. The third-order valence-electron chi connectivity index (χ3n) is 4.85. The zero-order valence-electron chi connectivity index (χ0n) is 14.5. The number of nitrogens with zero attached hydrogens (tertiary/aromatic N) is 2. The molecule has 0 spiro atoms. The molecule has 0 aliphatic carbocycles. The summed E-state index contributed by atoms with van der Waals surface area (Å²) in [4.78, 5) is 21.0. The van der Waals surface area contributed by atoms with Gasteiger partial charge in [0.05, 0.1) is 36.4 Å². The number of nitrogens with one attached hydrogen (secondary N) is 1. The van der Waals surface area contributed by atoms with Crippen molar-refractivity contribution in [2.75, 3.05) is 31.1 Å². The first-order valence-electron chi connectivity index (χ1n) is 8.97. The molecule has 0 unspecified atom stereocenters. The van der Waals surface area contributed by atoms with Crippen LogP contribution in [0, 0.1) is 5.82 Å². The monoisotopic (exact) mass is 370 g/mol. The Morgan fingerprint density at radius 3 is 2.58 bits per heavy atom. The summed E-state index contributed by atoms with van der Waals surface area (Å²) in [5.41, 5.74) is 1.39. The molecule has 4 rings (SSSR count). The van der Waals surface area contributed by atoms with Gasteiger partial charge >= 0.3 is 0 Å². The second-order valence-corrected chi connectivity index (χ2v) is 7.64. The minimum atomic E-state index is -0.338. The van der Waals surface area contributed by atoms with Crippen LogP contribution in [0.1, 0.15) is 23.2 Å². The third kappa shape index (κ3) is 3.61.